The second-order valence-electron chi connectivity index (χ2n) is 6.51. The van der Waals surface area contributed by atoms with Gasteiger partial charge in [-0.05, 0) is 36.4 Å². The van der Waals surface area contributed by atoms with Gasteiger partial charge in [-0.15, -0.1) is 0 Å². The fraction of sp³-hybridized carbons (Fsp3) is 0.250. The van der Waals surface area contributed by atoms with Gasteiger partial charge in [0.05, 0.1) is 76.0 Å². The highest BCUT2D eigenvalue weighted by Crippen LogP contribution is 2.16. The van der Waals surface area contributed by atoms with Crippen molar-refractivity contribution >= 4 is 35.8 Å². The Balaban J connectivity index is 0.000000360. The summed E-state index contributed by atoms with van der Waals surface area (Å²) in [5.74, 6) is -4.02. The maximum atomic E-state index is 11.5. The number of hydrogen-bond acceptors (Lipinski definition) is 12. The number of methoxy groups -OCH3 is 6. The molecule has 2 aromatic carbocycles. The predicted molar refractivity (Wildman–Crippen MR) is 121 cm³/mol. The summed E-state index contributed by atoms with van der Waals surface area (Å²) in [5.41, 5.74) is 0.331. The molecule has 0 aliphatic rings. The summed E-state index contributed by atoms with van der Waals surface area (Å²) < 4.78 is 27.2. The fourth-order valence-corrected chi connectivity index (χ4v) is 2.69. The van der Waals surface area contributed by atoms with Crippen LogP contribution in [0, 0.1) is 0 Å². The number of ether oxygens (including phenoxy) is 6. The van der Waals surface area contributed by atoms with Crippen molar-refractivity contribution in [1.29, 1.82) is 0 Å². The van der Waals surface area contributed by atoms with E-state index in [0.29, 0.717) is 0 Å². The van der Waals surface area contributed by atoms with Crippen LogP contribution in [0.5, 0.6) is 0 Å². The molecule has 192 valence electrons. The van der Waals surface area contributed by atoms with Crippen molar-refractivity contribution in [3.8, 4) is 0 Å². The molecule has 0 aromatic heterocycles. The summed E-state index contributed by atoms with van der Waals surface area (Å²) in [6.07, 6.45) is 0. The lowest BCUT2D eigenvalue weighted by Gasteiger charge is -2.07. The maximum absolute atomic E-state index is 11.5. The van der Waals surface area contributed by atoms with Crippen molar-refractivity contribution in [2.24, 2.45) is 0 Å². The minimum absolute atomic E-state index is 0.0250. The smallest absolute Gasteiger partial charge is 0.338 e. The highest BCUT2D eigenvalue weighted by molar-refractivity contribution is 6.05. The highest BCUT2D eigenvalue weighted by Gasteiger charge is 2.21. The van der Waals surface area contributed by atoms with Gasteiger partial charge in [0.25, 0.3) is 0 Å². The van der Waals surface area contributed by atoms with E-state index in [-0.39, 0.29) is 33.4 Å². The van der Waals surface area contributed by atoms with Crippen LogP contribution in [-0.2, 0) is 28.4 Å². The number of hydrogen-bond donors (Lipinski definition) is 0. The van der Waals surface area contributed by atoms with E-state index in [1.165, 1.54) is 79.1 Å². The van der Waals surface area contributed by atoms with Gasteiger partial charge < -0.3 is 28.4 Å². The molecule has 36 heavy (non-hydrogen) atoms. The fourth-order valence-electron chi connectivity index (χ4n) is 2.69. The third-order valence-corrected chi connectivity index (χ3v) is 4.45. The van der Waals surface area contributed by atoms with Gasteiger partial charge in [0.1, 0.15) is 0 Å². The van der Waals surface area contributed by atoms with Gasteiger partial charge in [-0.25, -0.2) is 28.8 Å². The second-order valence-corrected chi connectivity index (χ2v) is 6.51. The van der Waals surface area contributed by atoms with E-state index in [1.54, 1.807) is 0 Å². The standard InChI is InChI=1S/2C12H12O6/c1-16-10(13)7-4-8(11(14)17-2)6-9(5-7)12(15)18-3;1-16-10(13)7-4-5-8(11(14)17-2)9(6-7)12(15)18-3/h2*4-6H,1-3H3. The van der Waals surface area contributed by atoms with Crippen molar-refractivity contribution in [2.45, 2.75) is 0 Å². The number of carbonyl (C=O) groups is 6. The van der Waals surface area contributed by atoms with Gasteiger partial charge in [-0.1, -0.05) is 0 Å². The molecule has 0 spiro atoms. The zero-order valence-electron chi connectivity index (χ0n) is 20.4. The van der Waals surface area contributed by atoms with E-state index >= 15 is 0 Å². The van der Waals surface area contributed by atoms with Crippen LogP contribution in [0.4, 0.5) is 0 Å². The first-order chi connectivity index (χ1) is 17.1. The Morgan fingerprint density at radius 2 is 0.694 bits per heavy atom. The Labute approximate surface area is 206 Å². The first-order valence-corrected chi connectivity index (χ1v) is 9.87. The number of esters is 6. The monoisotopic (exact) mass is 504 g/mol. The first kappa shape index (κ1) is 29.3. The molecular formula is C24H24O12. The third kappa shape index (κ3) is 7.38. The molecule has 0 bridgehead atoms. The summed E-state index contributed by atoms with van der Waals surface area (Å²) in [6, 6.07) is 7.75. The predicted octanol–water partition coefficient (Wildman–Crippen LogP) is 2.09. The van der Waals surface area contributed by atoms with Gasteiger partial charge in [-0.3, -0.25) is 0 Å². The number of rotatable bonds is 6. The van der Waals surface area contributed by atoms with Crippen LogP contribution in [0.3, 0.4) is 0 Å². The molecule has 0 amide bonds. The Hall–Kier alpha value is -4.74. The van der Waals surface area contributed by atoms with Crippen molar-refractivity contribution in [1.82, 2.24) is 0 Å². The first-order valence-electron chi connectivity index (χ1n) is 9.87. The molecule has 2 rings (SSSR count). The third-order valence-electron chi connectivity index (χ3n) is 4.45. The molecule has 0 radical (unpaired) electrons. The lowest BCUT2D eigenvalue weighted by Crippen LogP contribution is -2.13. The molecule has 0 saturated heterocycles. The second kappa shape index (κ2) is 13.8. The average Bonchev–Trinajstić information content (AvgIpc) is 2.93. The van der Waals surface area contributed by atoms with Crippen LogP contribution in [0.1, 0.15) is 62.1 Å². The van der Waals surface area contributed by atoms with Crippen molar-refractivity contribution in [3.05, 3.63) is 69.8 Å². The minimum Gasteiger partial charge on any atom is -0.465 e. The normalized spacial score (nSPS) is 9.50. The minimum atomic E-state index is -0.735. The summed E-state index contributed by atoms with van der Waals surface area (Å²) in [7, 11) is 7.18. The number of carbonyl (C=O) groups excluding carboxylic acids is 6. The quantitative estimate of drug-likeness (QED) is 0.417. The number of benzene rings is 2. The van der Waals surface area contributed by atoms with Gasteiger partial charge in [-0.2, -0.15) is 0 Å². The maximum Gasteiger partial charge on any atom is 0.338 e. The van der Waals surface area contributed by atoms with Crippen LogP contribution < -0.4 is 0 Å². The topological polar surface area (TPSA) is 158 Å². The van der Waals surface area contributed by atoms with E-state index in [9.17, 15) is 28.8 Å². The molecule has 0 unspecified atom stereocenters. The molecule has 2 aromatic rings. The van der Waals surface area contributed by atoms with Crippen molar-refractivity contribution < 1.29 is 57.2 Å². The molecule has 0 saturated carbocycles. The zero-order chi connectivity index (χ0) is 27.4. The summed E-state index contributed by atoms with van der Waals surface area (Å²) in [6.45, 7) is 0. The highest BCUT2D eigenvalue weighted by atomic mass is 16.5. The van der Waals surface area contributed by atoms with Crippen LogP contribution in [-0.4, -0.2) is 78.5 Å². The summed E-state index contributed by atoms with van der Waals surface area (Å²) >= 11 is 0. The zero-order valence-corrected chi connectivity index (χ0v) is 20.4. The SMILES string of the molecule is COC(=O)c1cc(C(=O)OC)cc(C(=O)OC)c1.COC(=O)c1ccc(C(=O)OC)c(C(=O)OC)c1. The molecule has 12 nitrogen and oxygen atoms in total. The van der Waals surface area contributed by atoms with E-state index < -0.39 is 35.8 Å². The van der Waals surface area contributed by atoms with Crippen molar-refractivity contribution in [2.75, 3.05) is 42.7 Å². The van der Waals surface area contributed by atoms with Gasteiger partial charge >= 0.3 is 35.8 Å². The largest absolute Gasteiger partial charge is 0.465 e. The Morgan fingerprint density at radius 1 is 0.389 bits per heavy atom. The van der Waals surface area contributed by atoms with E-state index in [1.807, 2.05) is 0 Å². The lowest BCUT2D eigenvalue weighted by atomic mass is 10.0. The molecule has 12 heteroatoms. The van der Waals surface area contributed by atoms with E-state index in [0.717, 1.165) is 0 Å². The molecule has 0 aliphatic heterocycles. The van der Waals surface area contributed by atoms with E-state index in [4.69, 9.17) is 0 Å². The van der Waals surface area contributed by atoms with Crippen LogP contribution in [0.15, 0.2) is 36.4 Å². The molecule has 0 aliphatic carbocycles. The molecule has 0 fully saturated rings. The van der Waals surface area contributed by atoms with Crippen LogP contribution in [0.25, 0.3) is 0 Å². The summed E-state index contributed by atoms with van der Waals surface area (Å²) in [4.78, 5) is 68.6. The van der Waals surface area contributed by atoms with E-state index in [2.05, 4.69) is 28.4 Å². The average molecular weight is 504 g/mol. The Kier molecular flexibility index (Phi) is 11.3. The lowest BCUT2D eigenvalue weighted by molar-refractivity contribution is 0.0552. The molecule has 0 N–H and O–H groups in total. The Morgan fingerprint density at radius 3 is 1.03 bits per heavy atom. The molecule has 0 heterocycles. The molecular weight excluding hydrogens is 480 g/mol. The van der Waals surface area contributed by atoms with Gasteiger partial charge in [0.2, 0.25) is 0 Å². The van der Waals surface area contributed by atoms with Gasteiger partial charge in [0.15, 0.2) is 0 Å². The Bertz CT molecular complexity index is 1080. The van der Waals surface area contributed by atoms with Gasteiger partial charge in [0, 0.05) is 0 Å². The van der Waals surface area contributed by atoms with Crippen molar-refractivity contribution in [3.63, 3.8) is 0 Å². The van der Waals surface area contributed by atoms with Crippen LogP contribution >= 0.6 is 0 Å². The molecule has 0 atom stereocenters. The van der Waals surface area contributed by atoms with Crippen LogP contribution in [0.2, 0.25) is 0 Å². The summed E-state index contributed by atoms with van der Waals surface area (Å²) in [5, 5.41) is 0.